The van der Waals surface area contributed by atoms with E-state index in [4.69, 9.17) is 16.3 Å². The molecular formula is C38H46ClF3N4O3. The van der Waals surface area contributed by atoms with E-state index in [1.165, 1.54) is 5.57 Å². The highest BCUT2D eigenvalue weighted by atomic mass is 35.5. The zero-order chi connectivity index (χ0) is 35.7. The van der Waals surface area contributed by atoms with E-state index < -0.39 is 11.7 Å². The van der Waals surface area contributed by atoms with E-state index in [9.17, 15) is 22.8 Å². The number of rotatable bonds is 10. The standard InChI is InChI=1S/C38H46ClF3N4O3/c1-6-8-12-26(3)24-44(5)31-13-17-46(18-14-31)36(47)29-20-28(7-2)32(33(21-29)37(48)45-15-10-9-11-16-45)19-27(4)49-25-35-34(39)22-30(23-43-35)38(40,41)42/h7-8,12,19-24,31H,4,6,9-11,13-18,25H2,1-3,5H3/b12-8+,26-24-,28-7-,32-19+. The van der Waals surface area contributed by atoms with Gasteiger partial charge in [-0.25, -0.2) is 0 Å². The van der Waals surface area contributed by atoms with Crippen LogP contribution in [0.15, 0.2) is 60.7 Å². The van der Waals surface area contributed by atoms with Crippen molar-refractivity contribution < 1.29 is 27.5 Å². The molecule has 0 N–H and O–H groups in total. The number of pyridine rings is 1. The van der Waals surface area contributed by atoms with Crippen molar-refractivity contribution in [2.24, 2.45) is 0 Å². The first-order chi connectivity index (χ1) is 23.3. The normalized spacial score (nSPS) is 17.2. The second-order valence-corrected chi connectivity index (χ2v) is 13.0. The number of benzene rings is 1. The van der Waals surface area contributed by atoms with Gasteiger partial charge in [0.15, 0.2) is 0 Å². The van der Waals surface area contributed by atoms with Crippen LogP contribution in [0.3, 0.4) is 0 Å². The maximum absolute atomic E-state index is 14.0. The summed E-state index contributed by atoms with van der Waals surface area (Å²) in [5.41, 5.74) is 1.15. The van der Waals surface area contributed by atoms with Crippen LogP contribution in [0.1, 0.15) is 91.3 Å². The molecule has 0 bridgehead atoms. The Morgan fingerprint density at radius 2 is 1.76 bits per heavy atom. The summed E-state index contributed by atoms with van der Waals surface area (Å²) >= 11 is 6.07. The van der Waals surface area contributed by atoms with Crippen LogP contribution in [0.25, 0.3) is 12.2 Å². The third-order valence-electron chi connectivity index (χ3n) is 8.94. The monoisotopic (exact) mass is 698 g/mol. The van der Waals surface area contributed by atoms with Crippen molar-refractivity contribution >= 4 is 35.6 Å². The Kier molecular flexibility index (Phi) is 13.1. The summed E-state index contributed by atoms with van der Waals surface area (Å²) in [5.74, 6) is -0.143. The number of hydrogen-bond donors (Lipinski definition) is 0. The second-order valence-electron chi connectivity index (χ2n) is 12.6. The zero-order valence-corrected chi connectivity index (χ0v) is 29.5. The Morgan fingerprint density at radius 1 is 1.08 bits per heavy atom. The average molecular weight is 699 g/mol. The molecule has 4 rings (SSSR count). The van der Waals surface area contributed by atoms with Gasteiger partial charge >= 0.3 is 6.18 Å². The van der Waals surface area contributed by atoms with Gasteiger partial charge in [-0.1, -0.05) is 43.3 Å². The first-order valence-electron chi connectivity index (χ1n) is 16.8. The summed E-state index contributed by atoms with van der Waals surface area (Å²) in [4.78, 5) is 37.6. The predicted molar refractivity (Wildman–Crippen MR) is 188 cm³/mol. The summed E-state index contributed by atoms with van der Waals surface area (Å²) in [5, 5.41) is 1.03. The van der Waals surface area contributed by atoms with Gasteiger partial charge in [-0.05, 0) is 92.7 Å². The molecule has 0 radical (unpaired) electrons. The van der Waals surface area contributed by atoms with Crippen LogP contribution < -0.4 is 10.4 Å². The Labute approximate surface area is 292 Å². The minimum Gasteiger partial charge on any atom is -0.488 e. The van der Waals surface area contributed by atoms with Gasteiger partial charge in [0.1, 0.15) is 12.4 Å². The number of aromatic nitrogens is 1. The van der Waals surface area contributed by atoms with Crippen LogP contribution in [0.4, 0.5) is 13.2 Å². The van der Waals surface area contributed by atoms with Crippen molar-refractivity contribution in [2.45, 2.75) is 78.1 Å². The molecule has 0 aliphatic carbocycles. The van der Waals surface area contributed by atoms with Gasteiger partial charge in [0, 0.05) is 62.8 Å². The van der Waals surface area contributed by atoms with Gasteiger partial charge < -0.3 is 19.4 Å². The van der Waals surface area contributed by atoms with Crippen LogP contribution in [0.2, 0.25) is 5.02 Å². The fraction of sp³-hybridized carbons (Fsp3) is 0.447. The van der Waals surface area contributed by atoms with Crippen LogP contribution in [0.5, 0.6) is 0 Å². The van der Waals surface area contributed by atoms with Crippen molar-refractivity contribution in [3.05, 3.63) is 98.5 Å². The number of likely N-dealkylation sites (tertiary alicyclic amines) is 2. The minimum atomic E-state index is -4.57. The Balaban J connectivity index is 1.59. The number of ether oxygens (including phenoxy) is 1. The highest BCUT2D eigenvalue weighted by Crippen LogP contribution is 2.31. The lowest BCUT2D eigenvalue weighted by Crippen LogP contribution is -2.45. The zero-order valence-electron chi connectivity index (χ0n) is 28.8. The van der Waals surface area contributed by atoms with Crippen LogP contribution in [-0.4, -0.2) is 70.8 Å². The molecule has 1 aromatic heterocycles. The van der Waals surface area contributed by atoms with Crippen molar-refractivity contribution in [1.29, 1.82) is 0 Å². The third kappa shape index (κ3) is 10.00. The molecule has 0 saturated carbocycles. The number of nitrogens with zero attached hydrogens (tertiary/aromatic N) is 4. The Hall–Kier alpha value is -4.05. The Morgan fingerprint density at radius 3 is 2.37 bits per heavy atom. The summed E-state index contributed by atoms with van der Waals surface area (Å²) in [6.45, 7) is 12.2. The molecule has 11 heteroatoms. The van der Waals surface area contributed by atoms with Gasteiger partial charge in [-0.15, -0.1) is 0 Å². The molecule has 0 spiro atoms. The summed E-state index contributed by atoms with van der Waals surface area (Å²) in [6, 6.07) is 4.58. The lowest BCUT2D eigenvalue weighted by atomic mass is 9.99. The average Bonchev–Trinajstić information content (AvgIpc) is 3.09. The first kappa shape index (κ1) is 37.8. The van der Waals surface area contributed by atoms with Crippen molar-refractivity contribution in [3.63, 3.8) is 0 Å². The highest BCUT2D eigenvalue weighted by molar-refractivity contribution is 6.31. The number of carbonyl (C=O) groups is 2. The SMILES string of the molecule is C=C(/C=c1/c(C(=O)N2CCCCC2)cc(C(=O)N2CCC(N(C)/C=C(C)\C=C\CC)CC2)c/c1=C/C)OCc1ncc(C(F)(F)F)cc1Cl. The van der Waals surface area contributed by atoms with E-state index in [1.54, 1.807) is 18.2 Å². The first-order valence-corrected chi connectivity index (χ1v) is 17.2. The van der Waals surface area contributed by atoms with E-state index in [1.807, 2.05) is 22.8 Å². The maximum atomic E-state index is 14.0. The quantitative estimate of drug-likeness (QED) is 0.196. The lowest BCUT2D eigenvalue weighted by molar-refractivity contribution is -0.137. The van der Waals surface area contributed by atoms with Gasteiger partial charge in [0.2, 0.25) is 0 Å². The second kappa shape index (κ2) is 17.1. The largest absolute Gasteiger partial charge is 0.488 e. The van der Waals surface area contributed by atoms with Crippen molar-refractivity contribution in [1.82, 2.24) is 19.7 Å². The highest BCUT2D eigenvalue weighted by Gasteiger charge is 2.32. The predicted octanol–water partition coefficient (Wildman–Crippen LogP) is 7.10. The van der Waals surface area contributed by atoms with Gasteiger partial charge in [-0.2, -0.15) is 13.2 Å². The van der Waals surface area contributed by atoms with Crippen LogP contribution in [-0.2, 0) is 17.5 Å². The molecule has 2 aliphatic rings. The molecule has 3 heterocycles. The van der Waals surface area contributed by atoms with Gasteiger partial charge in [-0.3, -0.25) is 14.6 Å². The molecule has 0 unspecified atom stereocenters. The minimum absolute atomic E-state index is 0.117. The van der Waals surface area contributed by atoms with Crippen molar-refractivity contribution in [3.8, 4) is 0 Å². The molecule has 2 fully saturated rings. The molecule has 7 nitrogen and oxygen atoms in total. The molecule has 49 heavy (non-hydrogen) atoms. The number of alkyl halides is 3. The van der Waals surface area contributed by atoms with E-state index in [0.717, 1.165) is 44.6 Å². The molecule has 2 aliphatic heterocycles. The molecule has 264 valence electrons. The van der Waals surface area contributed by atoms with E-state index in [0.29, 0.717) is 60.0 Å². The van der Waals surface area contributed by atoms with Crippen LogP contribution >= 0.6 is 11.6 Å². The molecule has 1 aromatic carbocycles. The van der Waals surface area contributed by atoms with E-state index in [2.05, 4.69) is 55.7 Å². The van der Waals surface area contributed by atoms with E-state index in [-0.39, 0.29) is 34.9 Å². The van der Waals surface area contributed by atoms with Gasteiger partial charge in [0.25, 0.3) is 11.8 Å². The summed E-state index contributed by atoms with van der Waals surface area (Å²) < 4.78 is 44.9. The molecular weight excluding hydrogens is 653 g/mol. The summed E-state index contributed by atoms with van der Waals surface area (Å²) in [7, 11) is 2.08. The summed E-state index contributed by atoms with van der Waals surface area (Å²) in [6.07, 6.45) is 11.5. The maximum Gasteiger partial charge on any atom is 0.417 e. The number of piperidine rings is 2. The van der Waals surface area contributed by atoms with Crippen molar-refractivity contribution in [2.75, 3.05) is 33.2 Å². The number of hydrogen-bond acceptors (Lipinski definition) is 5. The van der Waals surface area contributed by atoms with Crippen LogP contribution in [0, 0.1) is 0 Å². The topological polar surface area (TPSA) is 66.0 Å². The fourth-order valence-corrected chi connectivity index (χ4v) is 6.39. The molecule has 2 aromatic rings. The molecule has 2 saturated heterocycles. The third-order valence-corrected chi connectivity index (χ3v) is 9.27. The lowest BCUT2D eigenvalue weighted by Gasteiger charge is -2.36. The Bertz CT molecular complexity index is 1710. The number of halogens is 4. The smallest absolute Gasteiger partial charge is 0.417 e. The molecule has 2 amide bonds. The molecule has 0 atom stereocenters. The number of carbonyl (C=O) groups excluding carboxylic acids is 2. The van der Waals surface area contributed by atoms with E-state index >= 15 is 0 Å². The van der Waals surface area contributed by atoms with Gasteiger partial charge in [0.05, 0.1) is 16.3 Å². The number of amides is 2. The number of allylic oxidation sites excluding steroid dienone is 4. The fourth-order valence-electron chi connectivity index (χ4n) is 6.17.